The molecule has 2 aromatic carbocycles. The average molecular weight is 306 g/mol. The van der Waals surface area contributed by atoms with Gasteiger partial charge in [-0.2, -0.15) is 0 Å². The molecule has 0 spiro atoms. The number of hydrogen-bond donors (Lipinski definition) is 0. The molecular weight excluding hydrogens is 292 g/mol. The molecular formula is C19H14O4. The number of carbonyl (C=O) groups excluding carboxylic acids is 3. The van der Waals surface area contributed by atoms with Gasteiger partial charge in [0.05, 0.1) is 0 Å². The Labute approximate surface area is 133 Å². The maximum atomic E-state index is 12.2. The number of ketones is 2. The number of carbonyl (C=O) groups is 3. The fourth-order valence-electron chi connectivity index (χ4n) is 2.57. The van der Waals surface area contributed by atoms with E-state index in [9.17, 15) is 14.4 Å². The van der Waals surface area contributed by atoms with Crippen LogP contribution in [0.5, 0.6) is 0 Å². The van der Waals surface area contributed by atoms with E-state index in [2.05, 4.69) is 0 Å². The smallest absolute Gasteiger partial charge is 0.329 e. The molecule has 1 unspecified atom stereocenters. The van der Waals surface area contributed by atoms with E-state index in [1.165, 1.54) is 19.1 Å². The zero-order valence-electron chi connectivity index (χ0n) is 12.5. The molecule has 4 nitrogen and oxygen atoms in total. The lowest BCUT2D eigenvalue weighted by Gasteiger charge is -2.15. The normalized spacial score (nSPS) is 18.1. The summed E-state index contributed by atoms with van der Waals surface area (Å²) in [7, 11) is 0. The Balaban J connectivity index is 1.89. The molecule has 0 bridgehead atoms. The third kappa shape index (κ3) is 2.97. The highest BCUT2D eigenvalue weighted by molar-refractivity contribution is 6.25. The lowest BCUT2D eigenvalue weighted by atomic mass is 9.95. The molecule has 0 aromatic heterocycles. The largest absolute Gasteiger partial charge is 0.430 e. The van der Waals surface area contributed by atoms with Crippen molar-refractivity contribution in [1.29, 1.82) is 0 Å². The Morgan fingerprint density at radius 3 is 2.61 bits per heavy atom. The second kappa shape index (κ2) is 6.01. The van der Waals surface area contributed by atoms with Crippen LogP contribution in [0.25, 0.3) is 16.8 Å². The van der Waals surface area contributed by atoms with Gasteiger partial charge < -0.3 is 4.74 Å². The Morgan fingerprint density at radius 2 is 1.83 bits per heavy atom. The molecule has 1 atom stereocenters. The first kappa shape index (κ1) is 14.9. The first-order valence-corrected chi connectivity index (χ1v) is 7.20. The number of rotatable bonds is 3. The van der Waals surface area contributed by atoms with Crippen LogP contribution in [0.1, 0.15) is 12.5 Å². The minimum Gasteiger partial charge on any atom is -0.430 e. The van der Waals surface area contributed by atoms with Gasteiger partial charge in [0, 0.05) is 6.08 Å². The third-order valence-corrected chi connectivity index (χ3v) is 3.66. The van der Waals surface area contributed by atoms with Crippen molar-refractivity contribution in [1.82, 2.24) is 0 Å². The van der Waals surface area contributed by atoms with E-state index in [-0.39, 0.29) is 5.76 Å². The van der Waals surface area contributed by atoms with E-state index >= 15 is 0 Å². The van der Waals surface area contributed by atoms with Gasteiger partial charge in [0.25, 0.3) is 0 Å². The van der Waals surface area contributed by atoms with Crippen molar-refractivity contribution in [2.24, 2.45) is 5.92 Å². The molecule has 0 amide bonds. The van der Waals surface area contributed by atoms with Crippen molar-refractivity contribution < 1.29 is 19.1 Å². The predicted molar refractivity (Wildman–Crippen MR) is 86.3 cm³/mol. The minimum absolute atomic E-state index is 0.210. The Bertz CT molecular complexity index is 869. The first-order valence-electron chi connectivity index (χ1n) is 7.20. The molecule has 0 saturated carbocycles. The number of hydrogen-bond acceptors (Lipinski definition) is 4. The van der Waals surface area contributed by atoms with Gasteiger partial charge in [0.1, 0.15) is 5.76 Å². The van der Waals surface area contributed by atoms with E-state index in [0.717, 1.165) is 16.3 Å². The maximum absolute atomic E-state index is 12.2. The second-order valence-corrected chi connectivity index (χ2v) is 5.32. The molecule has 4 heteroatoms. The second-order valence-electron chi connectivity index (χ2n) is 5.32. The summed E-state index contributed by atoms with van der Waals surface area (Å²) < 4.78 is 4.86. The van der Waals surface area contributed by atoms with Gasteiger partial charge in [-0.3, -0.25) is 14.4 Å². The zero-order valence-corrected chi connectivity index (χ0v) is 12.5. The summed E-state index contributed by atoms with van der Waals surface area (Å²) in [5.74, 6) is -3.11. The Hall–Kier alpha value is -3.01. The molecule has 0 fully saturated rings. The van der Waals surface area contributed by atoms with Gasteiger partial charge in [-0.25, -0.2) is 0 Å². The van der Waals surface area contributed by atoms with Gasteiger partial charge in [-0.1, -0.05) is 48.5 Å². The Kier molecular flexibility index (Phi) is 3.89. The van der Waals surface area contributed by atoms with E-state index < -0.39 is 23.5 Å². The molecule has 114 valence electrons. The summed E-state index contributed by atoms with van der Waals surface area (Å²) in [4.78, 5) is 35.8. The molecule has 1 aliphatic heterocycles. The van der Waals surface area contributed by atoms with Crippen LogP contribution in [0.15, 0.2) is 60.4 Å². The molecule has 0 N–H and O–H groups in total. The van der Waals surface area contributed by atoms with E-state index in [4.69, 9.17) is 4.74 Å². The van der Waals surface area contributed by atoms with Crippen LogP contribution in [0.2, 0.25) is 0 Å². The van der Waals surface area contributed by atoms with Gasteiger partial charge >= 0.3 is 5.97 Å². The fourth-order valence-corrected chi connectivity index (χ4v) is 2.57. The van der Waals surface area contributed by atoms with E-state index in [1.54, 1.807) is 6.08 Å². The monoisotopic (exact) mass is 306 g/mol. The van der Waals surface area contributed by atoms with Crippen LogP contribution in [0.4, 0.5) is 0 Å². The highest BCUT2D eigenvalue weighted by Gasteiger charge is 2.36. The van der Waals surface area contributed by atoms with E-state index in [0.29, 0.717) is 0 Å². The van der Waals surface area contributed by atoms with Crippen LogP contribution in [-0.4, -0.2) is 17.5 Å². The number of fused-ring (bicyclic) bond motifs is 1. The summed E-state index contributed by atoms with van der Waals surface area (Å²) in [6.45, 7) is 1.50. The van der Waals surface area contributed by atoms with E-state index in [1.807, 2.05) is 42.5 Å². The van der Waals surface area contributed by atoms with Crippen molar-refractivity contribution in [2.75, 3.05) is 0 Å². The van der Waals surface area contributed by atoms with Crippen molar-refractivity contribution in [2.45, 2.75) is 6.92 Å². The molecule has 1 heterocycles. The molecule has 0 radical (unpaired) electrons. The van der Waals surface area contributed by atoms with Gasteiger partial charge in [-0.15, -0.1) is 0 Å². The van der Waals surface area contributed by atoms with Crippen LogP contribution < -0.4 is 0 Å². The van der Waals surface area contributed by atoms with Crippen LogP contribution in [0.3, 0.4) is 0 Å². The quantitative estimate of drug-likeness (QED) is 0.497. The fraction of sp³-hybridized carbons (Fsp3) is 0.105. The first-order chi connectivity index (χ1) is 11.1. The summed E-state index contributed by atoms with van der Waals surface area (Å²) in [6, 6.07) is 13.5. The summed E-state index contributed by atoms with van der Waals surface area (Å²) in [6.07, 6.45) is 4.06. The highest BCUT2D eigenvalue weighted by atomic mass is 16.5. The maximum Gasteiger partial charge on any atom is 0.329 e. The SMILES string of the molecule is CC1=CC(=O)C(C(=O)C=Cc2cccc3ccccc23)C(=O)O1. The predicted octanol–water partition coefficient (Wildman–Crippen LogP) is 3.07. The molecule has 23 heavy (non-hydrogen) atoms. The summed E-state index contributed by atoms with van der Waals surface area (Å²) in [5, 5.41) is 2.04. The van der Waals surface area contributed by atoms with Gasteiger partial charge in [0.15, 0.2) is 17.5 Å². The number of benzene rings is 2. The number of esters is 1. The third-order valence-electron chi connectivity index (χ3n) is 3.66. The van der Waals surface area contributed by atoms with Crippen LogP contribution in [0, 0.1) is 5.92 Å². The molecule has 0 saturated heterocycles. The number of cyclic esters (lactones) is 1. The molecule has 0 aliphatic carbocycles. The highest BCUT2D eigenvalue weighted by Crippen LogP contribution is 2.21. The van der Waals surface area contributed by atoms with Crippen LogP contribution in [-0.2, 0) is 19.1 Å². The number of allylic oxidation sites excluding steroid dienone is 3. The van der Waals surface area contributed by atoms with Crippen molar-refractivity contribution in [3.63, 3.8) is 0 Å². The summed E-state index contributed by atoms with van der Waals surface area (Å²) >= 11 is 0. The topological polar surface area (TPSA) is 60.4 Å². The van der Waals surface area contributed by atoms with Crippen molar-refractivity contribution >= 4 is 34.4 Å². The lowest BCUT2D eigenvalue weighted by molar-refractivity contribution is -0.151. The van der Waals surface area contributed by atoms with Crippen molar-refractivity contribution in [3.05, 3.63) is 65.9 Å². The number of ether oxygens (including phenoxy) is 1. The minimum atomic E-state index is -1.40. The standard InChI is InChI=1S/C19H14O4/c1-12-11-17(21)18(19(22)23-12)16(20)10-9-14-7-4-6-13-5-2-3-8-15(13)14/h2-11,18H,1H3. The Morgan fingerprint density at radius 1 is 1.09 bits per heavy atom. The molecule has 3 rings (SSSR count). The van der Waals surface area contributed by atoms with Crippen molar-refractivity contribution in [3.8, 4) is 0 Å². The van der Waals surface area contributed by atoms with Gasteiger partial charge in [-0.05, 0) is 29.3 Å². The molecule has 1 aliphatic rings. The molecule has 2 aromatic rings. The summed E-state index contributed by atoms with van der Waals surface area (Å²) in [5.41, 5.74) is 0.847. The average Bonchev–Trinajstić information content (AvgIpc) is 2.52. The van der Waals surface area contributed by atoms with Crippen LogP contribution >= 0.6 is 0 Å². The van der Waals surface area contributed by atoms with Gasteiger partial charge in [0.2, 0.25) is 0 Å². The lowest BCUT2D eigenvalue weighted by Crippen LogP contribution is -2.34. The zero-order chi connectivity index (χ0) is 16.4.